The van der Waals surface area contributed by atoms with Gasteiger partial charge in [0.25, 0.3) is 0 Å². The lowest BCUT2D eigenvalue weighted by Crippen LogP contribution is -2.50. The number of aliphatic hydroxyl groups excluding tert-OH is 1. The number of ether oxygens (including phenoxy) is 4. The fraction of sp³-hybridized carbons (Fsp3) is 0.857. The van der Waals surface area contributed by atoms with Crippen LogP contribution < -0.4 is 5.32 Å². The summed E-state index contributed by atoms with van der Waals surface area (Å²) in [5.74, 6) is 6.18. The summed E-state index contributed by atoms with van der Waals surface area (Å²) in [4.78, 5) is 12.6. The Morgan fingerprint density at radius 3 is 2.40 bits per heavy atom. The van der Waals surface area contributed by atoms with E-state index >= 15 is 0 Å². The molecule has 1 unspecified atom stereocenters. The lowest BCUT2D eigenvalue weighted by atomic mass is 9.47. The summed E-state index contributed by atoms with van der Waals surface area (Å²) in [6.07, 6.45) is 18.6. The van der Waals surface area contributed by atoms with E-state index in [2.05, 4.69) is 38.1 Å². The van der Waals surface area contributed by atoms with Gasteiger partial charge in [-0.15, -0.1) is 6.42 Å². The molecular formula is C35H57NO6. The molecule has 0 aromatic carbocycles. The Labute approximate surface area is 254 Å². The third kappa shape index (κ3) is 8.18. The van der Waals surface area contributed by atoms with E-state index in [1.807, 2.05) is 0 Å². The van der Waals surface area contributed by atoms with Gasteiger partial charge in [0.15, 0.2) is 0 Å². The first-order valence-electron chi connectivity index (χ1n) is 16.7. The molecule has 4 aliphatic carbocycles. The number of fused-ring (bicyclic) bond motifs is 5. The predicted octanol–water partition coefficient (Wildman–Crippen LogP) is 5.16. The normalized spacial score (nSPS) is 34.5. The highest BCUT2D eigenvalue weighted by molar-refractivity contribution is 5.75. The fourth-order valence-corrected chi connectivity index (χ4v) is 9.32. The second-order valence-corrected chi connectivity index (χ2v) is 13.8. The van der Waals surface area contributed by atoms with E-state index in [1.165, 1.54) is 32.1 Å². The van der Waals surface area contributed by atoms with Crippen LogP contribution in [0.1, 0.15) is 85.0 Å². The Kier molecular flexibility index (Phi) is 12.8. The maximum Gasteiger partial charge on any atom is 0.220 e. The molecule has 7 nitrogen and oxygen atoms in total. The Morgan fingerprint density at radius 2 is 1.69 bits per heavy atom. The molecule has 0 aromatic rings. The number of terminal acetylenes is 1. The molecule has 7 heteroatoms. The zero-order valence-corrected chi connectivity index (χ0v) is 26.5. The third-order valence-electron chi connectivity index (χ3n) is 11.5. The molecule has 42 heavy (non-hydrogen) atoms. The van der Waals surface area contributed by atoms with Crippen LogP contribution in [0.4, 0.5) is 0 Å². The number of allylic oxidation sites excluding steroid dienone is 1. The Balaban J connectivity index is 1.08. The minimum Gasteiger partial charge on any atom is -0.393 e. The van der Waals surface area contributed by atoms with Crippen molar-refractivity contribution in [2.75, 3.05) is 59.4 Å². The summed E-state index contributed by atoms with van der Waals surface area (Å²) in [6.45, 7) is 11.8. The Bertz CT molecular complexity index is 931. The molecule has 0 aromatic heterocycles. The van der Waals surface area contributed by atoms with E-state index in [-0.39, 0.29) is 12.0 Å². The predicted molar refractivity (Wildman–Crippen MR) is 165 cm³/mol. The molecule has 4 rings (SSSR count). The molecule has 0 bridgehead atoms. The molecule has 2 N–H and O–H groups in total. The molecule has 1 amide bonds. The van der Waals surface area contributed by atoms with E-state index in [9.17, 15) is 9.90 Å². The van der Waals surface area contributed by atoms with E-state index in [1.54, 1.807) is 5.57 Å². The number of nitrogens with one attached hydrogen (secondary N) is 1. The lowest BCUT2D eigenvalue weighted by Gasteiger charge is -2.58. The molecular weight excluding hydrogens is 530 g/mol. The van der Waals surface area contributed by atoms with Gasteiger partial charge in [-0.3, -0.25) is 4.79 Å². The van der Waals surface area contributed by atoms with Crippen LogP contribution in [0.15, 0.2) is 11.6 Å². The summed E-state index contributed by atoms with van der Waals surface area (Å²) in [5.41, 5.74) is 2.25. The van der Waals surface area contributed by atoms with Crippen molar-refractivity contribution in [2.24, 2.45) is 40.4 Å². The highest BCUT2D eigenvalue weighted by Crippen LogP contribution is 2.67. The van der Waals surface area contributed by atoms with Crippen LogP contribution >= 0.6 is 0 Å². The van der Waals surface area contributed by atoms with Crippen molar-refractivity contribution in [1.29, 1.82) is 0 Å². The van der Waals surface area contributed by atoms with Crippen molar-refractivity contribution in [2.45, 2.75) is 91.1 Å². The van der Waals surface area contributed by atoms with Crippen LogP contribution in [0.5, 0.6) is 0 Å². The van der Waals surface area contributed by atoms with Crippen LogP contribution in [0.3, 0.4) is 0 Å². The summed E-state index contributed by atoms with van der Waals surface area (Å²) >= 11 is 0. The topological polar surface area (TPSA) is 86.3 Å². The average molecular weight is 588 g/mol. The average Bonchev–Trinajstić information content (AvgIpc) is 3.33. The van der Waals surface area contributed by atoms with Crippen molar-refractivity contribution >= 4 is 5.91 Å². The van der Waals surface area contributed by atoms with E-state index in [0.29, 0.717) is 88.5 Å². The van der Waals surface area contributed by atoms with E-state index in [4.69, 9.17) is 25.4 Å². The smallest absolute Gasteiger partial charge is 0.220 e. The molecule has 8 atom stereocenters. The monoisotopic (exact) mass is 587 g/mol. The van der Waals surface area contributed by atoms with Gasteiger partial charge in [-0.2, -0.15) is 0 Å². The van der Waals surface area contributed by atoms with Crippen molar-refractivity contribution in [3.05, 3.63) is 11.6 Å². The first-order valence-corrected chi connectivity index (χ1v) is 16.7. The first-order chi connectivity index (χ1) is 20.3. The van der Waals surface area contributed by atoms with Gasteiger partial charge in [0, 0.05) is 13.0 Å². The quantitative estimate of drug-likeness (QED) is 0.139. The van der Waals surface area contributed by atoms with Crippen LogP contribution in [0, 0.1) is 52.8 Å². The van der Waals surface area contributed by atoms with Gasteiger partial charge in [0.2, 0.25) is 5.91 Å². The van der Waals surface area contributed by atoms with E-state index in [0.717, 1.165) is 43.4 Å². The van der Waals surface area contributed by atoms with Crippen LogP contribution in [-0.2, 0) is 23.7 Å². The zero-order chi connectivity index (χ0) is 30.0. The molecule has 0 heterocycles. The SMILES string of the molecule is C#CCOCCOCCOCCOCCNC(=O)CCC(C)[C@H]1CC[C@H]2[C@@H]3CC=C4C[C@@H](O)CC[C@]4(C)[C@H]3CC[C@]12C. The van der Waals surface area contributed by atoms with Crippen molar-refractivity contribution in [3.63, 3.8) is 0 Å². The molecule has 0 saturated heterocycles. The maximum atomic E-state index is 12.6. The molecule has 3 saturated carbocycles. The zero-order valence-electron chi connectivity index (χ0n) is 26.5. The summed E-state index contributed by atoms with van der Waals surface area (Å²) in [5, 5.41) is 13.3. The van der Waals surface area contributed by atoms with Crippen molar-refractivity contribution < 1.29 is 28.8 Å². The second kappa shape index (κ2) is 16.0. The van der Waals surface area contributed by atoms with Crippen LogP contribution in [0.2, 0.25) is 0 Å². The Morgan fingerprint density at radius 1 is 1.00 bits per heavy atom. The Hall–Kier alpha value is -1.43. The number of rotatable bonds is 17. The summed E-state index contributed by atoms with van der Waals surface area (Å²) in [7, 11) is 0. The number of carbonyl (C=O) groups excluding carboxylic acids is 1. The molecule has 0 spiro atoms. The summed E-state index contributed by atoms with van der Waals surface area (Å²) < 4.78 is 21.6. The number of hydrogen-bond acceptors (Lipinski definition) is 6. The molecule has 0 aliphatic heterocycles. The number of amides is 1. The molecule has 4 aliphatic rings. The minimum atomic E-state index is -0.135. The van der Waals surface area contributed by atoms with Crippen LogP contribution in [-0.4, -0.2) is 76.5 Å². The number of hydrogen-bond donors (Lipinski definition) is 2. The first kappa shape index (κ1) is 33.5. The van der Waals surface area contributed by atoms with Gasteiger partial charge in [0.1, 0.15) is 6.61 Å². The second-order valence-electron chi connectivity index (χ2n) is 13.8. The van der Waals surface area contributed by atoms with Gasteiger partial charge in [-0.05, 0) is 98.2 Å². The largest absolute Gasteiger partial charge is 0.393 e. The fourth-order valence-electron chi connectivity index (χ4n) is 9.32. The molecule has 238 valence electrons. The third-order valence-corrected chi connectivity index (χ3v) is 11.5. The highest BCUT2D eigenvalue weighted by Gasteiger charge is 2.59. The number of aliphatic hydroxyl groups is 1. The van der Waals surface area contributed by atoms with Gasteiger partial charge >= 0.3 is 0 Å². The van der Waals surface area contributed by atoms with Gasteiger partial charge < -0.3 is 29.4 Å². The van der Waals surface area contributed by atoms with Gasteiger partial charge in [-0.1, -0.05) is 38.3 Å². The van der Waals surface area contributed by atoms with Crippen molar-refractivity contribution in [1.82, 2.24) is 5.32 Å². The highest BCUT2D eigenvalue weighted by atomic mass is 16.6. The van der Waals surface area contributed by atoms with Crippen molar-refractivity contribution in [3.8, 4) is 12.3 Å². The van der Waals surface area contributed by atoms with Gasteiger partial charge in [0.05, 0.1) is 52.4 Å². The standard InChI is InChI=1S/C35H57NO6/c1-5-17-39-19-21-41-23-24-42-22-20-40-18-16-36-33(38)11-6-26(2)30-9-10-31-29-8-7-27-25-28(37)12-14-34(27,3)32(29)13-15-35(30,31)4/h1,7,26,28-32,37H,6,8-25H2,2-4H3,(H,36,38)/t26?,28-,29-,30+,31-,32-,34-,35+/m0/s1. The number of carbonyl (C=O) groups is 1. The molecule has 3 fully saturated rings. The molecule has 0 radical (unpaired) electrons. The van der Waals surface area contributed by atoms with Crippen LogP contribution in [0.25, 0.3) is 0 Å². The minimum absolute atomic E-state index is 0.130. The lowest BCUT2D eigenvalue weighted by molar-refractivity contribution is -0.121. The maximum absolute atomic E-state index is 12.6. The van der Waals surface area contributed by atoms with E-state index < -0.39 is 0 Å². The van der Waals surface area contributed by atoms with Gasteiger partial charge in [-0.25, -0.2) is 0 Å². The summed E-state index contributed by atoms with van der Waals surface area (Å²) in [6, 6.07) is 0.